The molecule has 0 aliphatic rings. The lowest BCUT2D eigenvalue weighted by Gasteiger charge is -2.25. The quantitative estimate of drug-likeness (QED) is 0.207. The molecule has 0 aromatic heterocycles. The van der Waals surface area contributed by atoms with Crippen molar-refractivity contribution in [2.45, 2.75) is 117 Å². The maximum Gasteiger partial charge on any atom is 0.320 e. The van der Waals surface area contributed by atoms with Gasteiger partial charge in [0.15, 0.2) is 0 Å². The molecule has 0 bridgehead atoms. The third kappa shape index (κ3) is 20.0. The first-order valence-corrected chi connectivity index (χ1v) is 11.8. The standard InChI is InChI=1S/C24H47NO4/c1-6-7-8-9-10-13-16-19-25(21-23(27)29-24(2,3)4)20-17-14-11-12-15-18-22(26)28-5/h6-21H2,1-5H3. The van der Waals surface area contributed by atoms with Crippen molar-refractivity contribution < 1.29 is 19.1 Å². The molecule has 0 heterocycles. The zero-order valence-corrected chi connectivity index (χ0v) is 19.9. The van der Waals surface area contributed by atoms with Gasteiger partial charge in [0.1, 0.15) is 5.60 Å². The van der Waals surface area contributed by atoms with Gasteiger partial charge in [-0.2, -0.15) is 0 Å². The van der Waals surface area contributed by atoms with Gasteiger partial charge in [0.2, 0.25) is 0 Å². The molecule has 0 unspecified atom stereocenters. The van der Waals surface area contributed by atoms with E-state index in [0.717, 1.165) is 51.6 Å². The summed E-state index contributed by atoms with van der Waals surface area (Å²) >= 11 is 0. The molecule has 0 aliphatic heterocycles. The minimum Gasteiger partial charge on any atom is -0.469 e. The average Bonchev–Trinajstić information content (AvgIpc) is 2.64. The van der Waals surface area contributed by atoms with Crippen LogP contribution in [0.2, 0.25) is 0 Å². The maximum atomic E-state index is 12.2. The Balaban J connectivity index is 4.10. The summed E-state index contributed by atoms with van der Waals surface area (Å²) in [5, 5.41) is 0. The highest BCUT2D eigenvalue weighted by Gasteiger charge is 2.18. The van der Waals surface area contributed by atoms with Crippen LogP contribution in [0.5, 0.6) is 0 Å². The Morgan fingerprint density at radius 1 is 0.724 bits per heavy atom. The first-order chi connectivity index (χ1) is 13.8. The van der Waals surface area contributed by atoms with Crippen LogP contribution in [-0.2, 0) is 19.1 Å². The van der Waals surface area contributed by atoms with E-state index < -0.39 is 5.60 Å². The number of unbranched alkanes of at least 4 members (excludes halogenated alkanes) is 10. The molecule has 5 heteroatoms. The van der Waals surface area contributed by atoms with Crippen molar-refractivity contribution in [1.82, 2.24) is 4.90 Å². The summed E-state index contributed by atoms with van der Waals surface area (Å²) in [5.41, 5.74) is -0.429. The molecule has 0 N–H and O–H groups in total. The fraction of sp³-hybridized carbons (Fsp3) is 0.917. The third-order valence-electron chi connectivity index (χ3n) is 4.93. The van der Waals surface area contributed by atoms with E-state index in [-0.39, 0.29) is 11.9 Å². The molecule has 0 aromatic rings. The molecule has 0 spiro atoms. The lowest BCUT2D eigenvalue weighted by Crippen LogP contribution is -2.36. The second kappa shape index (κ2) is 17.7. The van der Waals surface area contributed by atoms with Crippen molar-refractivity contribution in [2.75, 3.05) is 26.7 Å². The van der Waals surface area contributed by atoms with Gasteiger partial charge in [-0.05, 0) is 53.1 Å². The minimum atomic E-state index is -0.429. The summed E-state index contributed by atoms with van der Waals surface area (Å²) in [6.45, 7) is 10.3. The van der Waals surface area contributed by atoms with Crippen LogP contribution in [0.25, 0.3) is 0 Å². The second-order valence-electron chi connectivity index (χ2n) is 9.08. The number of hydrogen-bond donors (Lipinski definition) is 0. The van der Waals surface area contributed by atoms with E-state index in [0.29, 0.717) is 13.0 Å². The summed E-state index contributed by atoms with van der Waals surface area (Å²) in [7, 11) is 1.44. The van der Waals surface area contributed by atoms with Gasteiger partial charge in [-0.1, -0.05) is 64.7 Å². The van der Waals surface area contributed by atoms with E-state index in [4.69, 9.17) is 4.74 Å². The molecular weight excluding hydrogens is 366 g/mol. The van der Waals surface area contributed by atoms with Gasteiger partial charge in [-0.3, -0.25) is 14.5 Å². The van der Waals surface area contributed by atoms with Crippen LogP contribution >= 0.6 is 0 Å². The summed E-state index contributed by atoms with van der Waals surface area (Å²) in [6, 6.07) is 0. The van der Waals surface area contributed by atoms with E-state index in [1.54, 1.807) is 0 Å². The highest BCUT2D eigenvalue weighted by atomic mass is 16.6. The van der Waals surface area contributed by atoms with E-state index in [1.807, 2.05) is 20.8 Å². The summed E-state index contributed by atoms with van der Waals surface area (Å²) < 4.78 is 10.2. The van der Waals surface area contributed by atoms with Crippen LogP contribution in [-0.4, -0.2) is 49.2 Å². The topological polar surface area (TPSA) is 55.8 Å². The van der Waals surface area contributed by atoms with Gasteiger partial charge in [0, 0.05) is 6.42 Å². The number of ether oxygens (including phenoxy) is 2. The highest BCUT2D eigenvalue weighted by Crippen LogP contribution is 2.12. The number of methoxy groups -OCH3 is 1. The predicted octanol–water partition coefficient (Wildman–Crippen LogP) is 5.89. The van der Waals surface area contributed by atoms with Crippen molar-refractivity contribution in [3.05, 3.63) is 0 Å². The summed E-state index contributed by atoms with van der Waals surface area (Å²) in [4.78, 5) is 25.6. The number of nitrogens with zero attached hydrogens (tertiary/aromatic N) is 1. The maximum absolute atomic E-state index is 12.2. The molecule has 0 aromatic carbocycles. The Morgan fingerprint density at radius 2 is 1.21 bits per heavy atom. The SMILES string of the molecule is CCCCCCCCCN(CCCCCCCC(=O)OC)CC(=O)OC(C)(C)C. The minimum absolute atomic E-state index is 0.122. The van der Waals surface area contributed by atoms with Crippen LogP contribution in [0.4, 0.5) is 0 Å². The van der Waals surface area contributed by atoms with Crippen LogP contribution < -0.4 is 0 Å². The zero-order valence-electron chi connectivity index (χ0n) is 19.9. The fourth-order valence-electron chi connectivity index (χ4n) is 3.36. The number of hydrogen-bond acceptors (Lipinski definition) is 5. The fourth-order valence-corrected chi connectivity index (χ4v) is 3.36. The van der Waals surface area contributed by atoms with Crippen LogP contribution in [0.1, 0.15) is 111 Å². The number of esters is 2. The molecule has 0 rings (SSSR count). The molecule has 29 heavy (non-hydrogen) atoms. The lowest BCUT2D eigenvalue weighted by molar-refractivity contribution is -0.156. The third-order valence-corrected chi connectivity index (χ3v) is 4.93. The molecule has 0 fully saturated rings. The number of rotatable bonds is 18. The van der Waals surface area contributed by atoms with Crippen molar-refractivity contribution >= 4 is 11.9 Å². The number of carbonyl (C=O) groups is 2. The molecule has 0 atom stereocenters. The predicted molar refractivity (Wildman–Crippen MR) is 120 cm³/mol. The van der Waals surface area contributed by atoms with Crippen LogP contribution in [0.3, 0.4) is 0 Å². The van der Waals surface area contributed by atoms with Gasteiger partial charge in [-0.25, -0.2) is 0 Å². The molecule has 172 valence electrons. The van der Waals surface area contributed by atoms with E-state index >= 15 is 0 Å². The molecule has 0 saturated heterocycles. The van der Waals surface area contributed by atoms with Crippen molar-refractivity contribution in [2.24, 2.45) is 0 Å². The first-order valence-electron chi connectivity index (χ1n) is 11.8. The van der Waals surface area contributed by atoms with Gasteiger partial charge in [-0.15, -0.1) is 0 Å². The molecule has 0 saturated carbocycles. The Kier molecular flexibility index (Phi) is 17.1. The smallest absolute Gasteiger partial charge is 0.320 e. The Hall–Kier alpha value is -1.10. The van der Waals surface area contributed by atoms with Crippen molar-refractivity contribution in [1.29, 1.82) is 0 Å². The molecular formula is C24H47NO4. The first kappa shape index (κ1) is 27.9. The largest absolute Gasteiger partial charge is 0.469 e. The van der Waals surface area contributed by atoms with Crippen molar-refractivity contribution in [3.63, 3.8) is 0 Å². The lowest BCUT2D eigenvalue weighted by atomic mass is 10.1. The van der Waals surface area contributed by atoms with Gasteiger partial charge < -0.3 is 9.47 Å². The Morgan fingerprint density at radius 3 is 1.69 bits per heavy atom. The second-order valence-corrected chi connectivity index (χ2v) is 9.08. The van der Waals surface area contributed by atoms with Gasteiger partial charge in [0.25, 0.3) is 0 Å². The van der Waals surface area contributed by atoms with Crippen molar-refractivity contribution in [3.8, 4) is 0 Å². The van der Waals surface area contributed by atoms with Gasteiger partial charge in [0.05, 0.1) is 13.7 Å². The highest BCUT2D eigenvalue weighted by molar-refractivity contribution is 5.72. The summed E-state index contributed by atoms with van der Waals surface area (Å²) in [6.07, 6.45) is 14.8. The van der Waals surface area contributed by atoms with E-state index in [1.165, 1.54) is 45.6 Å². The van der Waals surface area contributed by atoms with Gasteiger partial charge >= 0.3 is 11.9 Å². The Labute approximate surface area is 179 Å². The monoisotopic (exact) mass is 413 g/mol. The zero-order chi connectivity index (χ0) is 22.0. The van der Waals surface area contributed by atoms with E-state index in [9.17, 15) is 9.59 Å². The molecule has 0 aliphatic carbocycles. The van der Waals surface area contributed by atoms with Crippen LogP contribution in [0, 0.1) is 0 Å². The van der Waals surface area contributed by atoms with E-state index in [2.05, 4.69) is 16.6 Å². The summed E-state index contributed by atoms with van der Waals surface area (Å²) in [5.74, 6) is -0.248. The molecule has 0 amide bonds. The Bertz CT molecular complexity index is 418. The number of carbonyl (C=O) groups excluding carboxylic acids is 2. The molecule has 5 nitrogen and oxygen atoms in total. The normalized spacial score (nSPS) is 11.7. The van der Waals surface area contributed by atoms with Crippen LogP contribution in [0.15, 0.2) is 0 Å². The average molecular weight is 414 g/mol. The molecule has 0 radical (unpaired) electrons.